The third-order valence-electron chi connectivity index (χ3n) is 3.22. The van der Waals surface area contributed by atoms with E-state index in [1.807, 2.05) is 20.8 Å². The molecule has 2 nitrogen and oxygen atoms in total. The van der Waals surface area contributed by atoms with Crippen molar-refractivity contribution in [2.75, 3.05) is 19.6 Å². The van der Waals surface area contributed by atoms with E-state index in [0.717, 1.165) is 6.42 Å². The molecule has 0 spiro atoms. The molecule has 0 amide bonds. The van der Waals surface area contributed by atoms with Crippen molar-refractivity contribution in [3.05, 3.63) is 0 Å². The zero-order valence-electron chi connectivity index (χ0n) is 9.49. The summed E-state index contributed by atoms with van der Waals surface area (Å²) in [6.07, 6.45) is -3.38. The Labute approximate surface area is 88.8 Å². The van der Waals surface area contributed by atoms with E-state index in [-0.39, 0.29) is 11.6 Å². The lowest BCUT2D eigenvalue weighted by Gasteiger charge is -2.47. The zero-order valence-corrected chi connectivity index (χ0v) is 9.49. The molecule has 1 rings (SSSR count). The number of hydrogen-bond acceptors (Lipinski definition) is 2. The van der Waals surface area contributed by atoms with Crippen molar-refractivity contribution in [2.24, 2.45) is 0 Å². The van der Waals surface area contributed by atoms with E-state index in [2.05, 4.69) is 5.32 Å². The molecule has 0 aromatic carbocycles. The smallest absolute Gasteiger partial charge is 0.311 e. The molecule has 0 aromatic rings. The molecule has 0 bridgehead atoms. The van der Waals surface area contributed by atoms with Crippen molar-refractivity contribution >= 4 is 0 Å². The molecule has 1 heterocycles. The zero-order chi connectivity index (χ0) is 11.7. The fraction of sp³-hybridized carbons (Fsp3) is 1.00. The number of nitrogens with zero attached hydrogens (tertiary/aromatic N) is 1. The molecule has 2 atom stereocenters. The molecule has 0 aliphatic carbocycles. The molecule has 90 valence electrons. The van der Waals surface area contributed by atoms with Gasteiger partial charge in [0.15, 0.2) is 0 Å². The Bertz CT molecular complexity index is 217. The number of piperazine rings is 1. The average molecular weight is 224 g/mol. The Balaban J connectivity index is 2.71. The van der Waals surface area contributed by atoms with Crippen LogP contribution in [0.5, 0.6) is 0 Å². The van der Waals surface area contributed by atoms with Gasteiger partial charge in [0.25, 0.3) is 0 Å². The van der Waals surface area contributed by atoms with E-state index in [9.17, 15) is 13.2 Å². The predicted octanol–water partition coefficient (Wildman–Crippen LogP) is 2.01. The summed E-state index contributed by atoms with van der Waals surface area (Å²) in [5.41, 5.74) is -0.373. The average Bonchev–Trinajstić information content (AvgIpc) is 2.09. The molecular weight excluding hydrogens is 205 g/mol. The van der Waals surface area contributed by atoms with Gasteiger partial charge < -0.3 is 5.32 Å². The van der Waals surface area contributed by atoms with Crippen molar-refractivity contribution in [3.63, 3.8) is 0 Å². The van der Waals surface area contributed by atoms with E-state index in [1.165, 1.54) is 0 Å². The monoisotopic (exact) mass is 224 g/mol. The Kier molecular flexibility index (Phi) is 3.66. The molecular formula is C10H19F3N2. The summed E-state index contributed by atoms with van der Waals surface area (Å²) >= 11 is 0. The van der Waals surface area contributed by atoms with Gasteiger partial charge in [-0.2, -0.15) is 13.2 Å². The largest absolute Gasteiger partial charge is 0.401 e. The quantitative estimate of drug-likeness (QED) is 0.772. The molecule has 15 heavy (non-hydrogen) atoms. The second-order valence-corrected chi connectivity index (χ2v) is 4.63. The SMILES string of the molecule is CCC1(C)CNC(C)CN1CC(F)(F)F. The van der Waals surface area contributed by atoms with Crippen molar-refractivity contribution in [3.8, 4) is 0 Å². The molecule has 1 N–H and O–H groups in total. The summed E-state index contributed by atoms with van der Waals surface area (Å²) in [4.78, 5) is 1.55. The van der Waals surface area contributed by atoms with Crippen molar-refractivity contribution in [2.45, 2.75) is 44.9 Å². The summed E-state index contributed by atoms with van der Waals surface area (Å²) in [7, 11) is 0. The highest BCUT2D eigenvalue weighted by Gasteiger charge is 2.41. The lowest BCUT2D eigenvalue weighted by atomic mass is 9.92. The fourth-order valence-electron chi connectivity index (χ4n) is 1.94. The Hall–Kier alpha value is -0.290. The summed E-state index contributed by atoms with van der Waals surface area (Å²) in [5.74, 6) is 0. The van der Waals surface area contributed by atoms with E-state index in [0.29, 0.717) is 13.1 Å². The maximum absolute atomic E-state index is 12.4. The van der Waals surface area contributed by atoms with Crippen LogP contribution in [-0.4, -0.2) is 42.3 Å². The van der Waals surface area contributed by atoms with Crippen LogP contribution in [0.2, 0.25) is 0 Å². The van der Waals surface area contributed by atoms with Gasteiger partial charge in [-0.1, -0.05) is 6.92 Å². The van der Waals surface area contributed by atoms with Gasteiger partial charge in [0.1, 0.15) is 0 Å². The lowest BCUT2D eigenvalue weighted by molar-refractivity contribution is -0.163. The molecule has 2 unspecified atom stereocenters. The molecule has 0 saturated carbocycles. The van der Waals surface area contributed by atoms with E-state index in [1.54, 1.807) is 4.90 Å². The Morgan fingerprint density at radius 2 is 2.07 bits per heavy atom. The second kappa shape index (κ2) is 4.29. The van der Waals surface area contributed by atoms with Gasteiger partial charge in [-0.25, -0.2) is 0 Å². The number of rotatable bonds is 2. The molecule has 1 saturated heterocycles. The summed E-state index contributed by atoms with van der Waals surface area (Å²) in [6, 6.07) is 0.131. The van der Waals surface area contributed by atoms with Crippen LogP contribution in [0.4, 0.5) is 13.2 Å². The van der Waals surface area contributed by atoms with Gasteiger partial charge in [0.2, 0.25) is 0 Å². The normalized spacial score (nSPS) is 34.4. The highest BCUT2D eigenvalue weighted by atomic mass is 19.4. The molecule has 0 radical (unpaired) electrons. The van der Waals surface area contributed by atoms with Gasteiger partial charge in [-0.15, -0.1) is 0 Å². The summed E-state index contributed by atoms with van der Waals surface area (Å²) in [6.45, 7) is 6.02. The lowest BCUT2D eigenvalue weighted by Crippen LogP contribution is -2.63. The van der Waals surface area contributed by atoms with Crippen LogP contribution in [0.25, 0.3) is 0 Å². The third-order valence-corrected chi connectivity index (χ3v) is 3.22. The van der Waals surface area contributed by atoms with Crippen molar-refractivity contribution in [1.29, 1.82) is 0 Å². The van der Waals surface area contributed by atoms with E-state index in [4.69, 9.17) is 0 Å². The number of alkyl halides is 3. The Morgan fingerprint density at radius 1 is 1.47 bits per heavy atom. The van der Waals surface area contributed by atoms with Gasteiger partial charge >= 0.3 is 6.18 Å². The minimum absolute atomic E-state index is 0.131. The van der Waals surface area contributed by atoms with Crippen molar-refractivity contribution in [1.82, 2.24) is 10.2 Å². The highest BCUT2D eigenvalue weighted by molar-refractivity contribution is 4.94. The van der Waals surface area contributed by atoms with Crippen LogP contribution >= 0.6 is 0 Å². The number of halogens is 3. The standard InChI is InChI=1S/C10H19F3N2/c1-4-9(3)6-14-8(2)5-15(9)7-10(11,12)13/h8,14H,4-7H2,1-3H3. The summed E-state index contributed by atoms with van der Waals surface area (Å²) in [5, 5.41) is 3.23. The molecule has 1 fully saturated rings. The highest BCUT2D eigenvalue weighted by Crippen LogP contribution is 2.27. The van der Waals surface area contributed by atoms with Crippen LogP contribution in [0.1, 0.15) is 27.2 Å². The van der Waals surface area contributed by atoms with Gasteiger partial charge in [-0.05, 0) is 20.3 Å². The van der Waals surface area contributed by atoms with Crippen LogP contribution in [0.15, 0.2) is 0 Å². The number of nitrogens with one attached hydrogen (secondary N) is 1. The van der Waals surface area contributed by atoms with Crippen LogP contribution in [-0.2, 0) is 0 Å². The predicted molar refractivity (Wildman–Crippen MR) is 53.8 cm³/mol. The molecule has 1 aliphatic heterocycles. The van der Waals surface area contributed by atoms with Crippen molar-refractivity contribution < 1.29 is 13.2 Å². The van der Waals surface area contributed by atoms with E-state index >= 15 is 0 Å². The maximum Gasteiger partial charge on any atom is 0.401 e. The molecule has 0 aromatic heterocycles. The van der Waals surface area contributed by atoms with Crippen LogP contribution < -0.4 is 5.32 Å². The topological polar surface area (TPSA) is 15.3 Å². The first-order chi connectivity index (χ1) is 6.77. The number of hydrogen-bond donors (Lipinski definition) is 1. The molecule has 1 aliphatic rings. The van der Waals surface area contributed by atoms with Crippen LogP contribution in [0.3, 0.4) is 0 Å². The van der Waals surface area contributed by atoms with Crippen LogP contribution in [0, 0.1) is 0 Å². The molecule has 5 heteroatoms. The van der Waals surface area contributed by atoms with Gasteiger partial charge in [-0.3, -0.25) is 4.90 Å². The Morgan fingerprint density at radius 3 is 2.53 bits per heavy atom. The summed E-state index contributed by atoms with van der Waals surface area (Å²) < 4.78 is 37.2. The first kappa shape index (κ1) is 12.8. The van der Waals surface area contributed by atoms with Gasteiger partial charge in [0, 0.05) is 24.7 Å². The first-order valence-corrected chi connectivity index (χ1v) is 5.32. The minimum atomic E-state index is -4.10. The fourth-order valence-corrected chi connectivity index (χ4v) is 1.94. The van der Waals surface area contributed by atoms with E-state index < -0.39 is 12.7 Å². The first-order valence-electron chi connectivity index (χ1n) is 5.32. The maximum atomic E-state index is 12.4. The van der Waals surface area contributed by atoms with Gasteiger partial charge in [0.05, 0.1) is 6.54 Å². The third kappa shape index (κ3) is 3.34. The minimum Gasteiger partial charge on any atom is -0.311 e. The second-order valence-electron chi connectivity index (χ2n) is 4.63.